The van der Waals surface area contributed by atoms with Gasteiger partial charge in [-0.3, -0.25) is 4.79 Å². The maximum atomic E-state index is 12.0. The second kappa shape index (κ2) is 15.2. The lowest BCUT2D eigenvalue weighted by atomic mass is 10.1. The summed E-state index contributed by atoms with van der Waals surface area (Å²) in [6, 6.07) is 15.3. The zero-order valence-electron chi connectivity index (χ0n) is 20.1. The molecular formula is C28H35ClO5. The van der Waals surface area contributed by atoms with Gasteiger partial charge in [0.05, 0.1) is 13.2 Å². The Labute approximate surface area is 208 Å². The second-order valence-electron chi connectivity index (χ2n) is 8.46. The van der Waals surface area contributed by atoms with Gasteiger partial charge in [-0.15, -0.1) is 11.6 Å². The van der Waals surface area contributed by atoms with Crippen molar-refractivity contribution >= 4 is 23.5 Å². The van der Waals surface area contributed by atoms with Crippen molar-refractivity contribution in [2.24, 2.45) is 5.92 Å². The highest BCUT2D eigenvalue weighted by atomic mass is 35.5. The third-order valence-corrected chi connectivity index (χ3v) is 5.97. The van der Waals surface area contributed by atoms with Gasteiger partial charge in [0.15, 0.2) is 0 Å². The van der Waals surface area contributed by atoms with Crippen LogP contribution in [0.4, 0.5) is 0 Å². The van der Waals surface area contributed by atoms with Gasteiger partial charge in [-0.25, -0.2) is 4.79 Å². The quantitative estimate of drug-likeness (QED) is 0.0893. The monoisotopic (exact) mass is 486 g/mol. The van der Waals surface area contributed by atoms with Crippen LogP contribution in [-0.2, 0) is 14.3 Å². The van der Waals surface area contributed by atoms with Crippen LogP contribution in [0.25, 0.3) is 11.1 Å². The van der Waals surface area contributed by atoms with E-state index < -0.39 is 11.3 Å². The minimum Gasteiger partial charge on any atom is -0.494 e. The van der Waals surface area contributed by atoms with Crippen LogP contribution in [0.15, 0.2) is 61.2 Å². The number of hydrogen-bond acceptors (Lipinski definition) is 5. The Hall–Kier alpha value is -2.79. The Morgan fingerprint density at radius 3 is 1.85 bits per heavy atom. The van der Waals surface area contributed by atoms with E-state index in [4.69, 9.17) is 25.8 Å². The standard InChI is InChI=1S/C28H35ClO5/c1-4-26(30)33-20-10-8-6-5-7-9-19-32-24-15-11-22(12-16-24)23-13-17-25(18-14-23)34-28(31)27(29)21(2)3/h4,11-18,21,27H,1,5-10,19-20H2,2-3H3. The summed E-state index contributed by atoms with van der Waals surface area (Å²) in [5.74, 6) is 0.559. The molecule has 0 saturated carbocycles. The molecule has 0 heterocycles. The Kier molecular flexibility index (Phi) is 12.3. The van der Waals surface area contributed by atoms with Gasteiger partial charge >= 0.3 is 11.9 Å². The van der Waals surface area contributed by atoms with Gasteiger partial charge in [0.2, 0.25) is 0 Å². The number of carbonyl (C=O) groups excluding carboxylic acids is 2. The normalized spacial score (nSPS) is 11.6. The van der Waals surface area contributed by atoms with Crippen molar-refractivity contribution in [1.29, 1.82) is 0 Å². The lowest BCUT2D eigenvalue weighted by Crippen LogP contribution is -2.25. The van der Waals surface area contributed by atoms with Crippen molar-refractivity contribution in [3.05, 3.63) is 61.2 Å². The molecule has 2 aromatic carbocycles. The second-order valence-corrected chi connectivity index (χ2v) is 8.93. The van der Waals surface area contributed by atoms with Gasteiger partial charge in [-0.05, 0) is 54.2 Å². The molecule has 0 saturated heterocycles. The van der Waals surface area contributed by atoms with E-state index >= 15 is 0 Å². The lowest BCUT2D eigenvalue weighted by Gasteiger charge is -2.12. The van der Waals surface area contributed by atoms with Crippen molar-refractivity contribution < 1.29 is 23.8 Å². The van der Waals surface area contributed by atoms with Crippen LogP contribution in [-0.4, -0.2) is 30.5 Å². The summed E-state index contributed by atoms with van der Waals surface area (Å²) in [4.78, 5) is 22.9. The molecule has 6 heteroatoms. The number of alkyl halides is 1. The predicted molar refractivity (Wildman–Crippen MR) is 136 cm³/mol. The van der Waals surface area contributed by atoms with Crippen molar-refractivity contribution in [2.75, 3.05) is 13.2 Å². The van der Waals surface area contributed by atoms with Crippen LogP contribution in [0.5, 0.6) is 11.5 Å². The number of benzene rings is 2. The maximum Gasteiger partial charge on any atom is 0.330 e. The van der Waals surface area contributed by atoms with E-state index in [1.165, 1.54) is 6.08 Å². The summed E-state index contributed by atoms with van der Waals surface area (Å²) in [7, 11) is 0. The minimum atomic E-state index is -0.659. The molecule has 0 aliphatic carbocycles. The first-order chi connectivity index (χ1) is 16.4. The molecule has 1 unspecified atom stereocenters. The largest absolute Gasteiger partial charge is 0.494 e. The smallest absolute Gasteiger partial charge is 0.330 e. The van der Waals surface area contributed by atoms with Gasteiger partial charge in [0.1, 0.15) is 16.9 Å². The van der Waals surface area contributed by atoms with Crippen LogP contribution in [0.3, 0.4) is 0 Å². The van der Waals surface area contributed by atoms with Crippen LogP contribution < -0.4 is 9.47 Å². The van der Waals surface area contributed by atoms with Crippen LogP contribution in [0.1, 0.15) is 52.4 Å². The highest BCUT2D eigenvalue weighted by molar-refractivity contribution is 6.30. The predicted octanol–water partition coefficient (Wildman–Crippen LogP) is 6.97. The number of rotatable bonds is 15. The first-order valence-corrected chi connectivity index (χ1v) is 12.3. The first kappa shape index (κ1) is 27.5. The molecule has 1 atom stereocenters. The topological polar surface area (TPSA) is 61.8 Å². The molecule has 5 nitrogen and oxygen atoms in total. The Morgan fingerprint density at radius 2 is 1.32 bits per heavy atom. The van der Waals surface area contributed by atoms with E-state index in [1.54, 1.807) is 12.1 Å². The van der Waals surface area contributed by atoms with E-state index in [2.05, 4.69) is 6.58 Å². The summed E-state index contributed by atoms with van der Waals surface area (Å²) < 4.78 is 16.1. The number of carbonyl (C=O) groups is 2. The zero-order valence-corrected chi connectivity index (χ0v) is 20.9. The molecule has 0 N–H and O–H groups in total. The highest BCUT2D eigenvalue weighted by Gasteiger charge is 2.21. The Bertz CT molecular complexity index is 890. The van der Waals surface area contributed by atoms with Gasteiger partial charge in [0.25, 0.3) is 0 Å². The number of esters is 2. The number of unbranched alkanes of at least 4 members (excludes halogenated alkanes) is 5. The number of ether oxygens (including phenoxy) is 3. The highest BCUT2D eigenvalue weighted by Crippen LogP contribution is 2.25. The molecule has 184 valence electrons. The maximum absolute atomic E-state index is 12.0. The molecule has 0 radical (unpaired) electrons. The van der Waals surface area contributed by atoms with Gasteiger partial charge < -0.3 is 14.2 Å². The summed E-state index contributed by atoms with van der Waals surface area (Å²) >= 11 is 6.05. The fraction of sp³-hybridized carbons (Fsp3) is 0.429. The van der Waals surface area contributed by atoms with Gasteiger partial charge in [-0.2, -0.15) is 0 Å². The van der Waals surface area contributed by atoms with E-state index in [0.717, 1.165) is 55.4 Å². The summed E-state index contributed by atoms with van der Waals surface area (Å²) in [5, 5.41) is -0.659. The molecule has 2 aromatic rings. The molecular weight excluding hydrogens is 452 g/mol. The molecule has 0 fully saturated rings. The van der Waals surface area contributed by atoms with E-state index in [1.807, 2.05) is 50.2 Å². The zero-order chi connectivity index (χ0) is 24.8. The van der Waals surface area contributed by atoms with Crippen LogP contribution in [0.2, 0.25) is 0 Å². The lowest BCUT2D eigenvalue weighted by molar-refractivity contribution is -0.138. The fourth-order valence-electron chi connectivity index (χ4n) is 3.24. The Balaban J connectivity index is 1.65. The molecule has 0 bridgehead atoms. The van der Waals surface area contributed by atoms with E-state index in [0.29, 0.717) is 19.0 Å². The fourth-order valence-corrected chi connectivity index (χ4v) is 3.28. The molecule has 0 spiro atoms. The van der Waals surface area contributed by atoms with Gasteiger partial charge in [0, 0.05) is 6.08 Å². The minimum absolute atomic E-state index is 0.0150. The summed E-state index contributed by atoms with van der Waals surface area (Å²) in [6.07, 6.45) is 7.53. The molecule has 0 aliphatic heterocycles. The molecule has 0 amide bonds. The molecule has 34 heavy (non-hydrogen) atoms. The van der Waals surface area contributed by atoms with E-state index in [-0.39, 0.29) is 11.9 Å². The SMILES string of the molecule is C=CC(=O)OCCCCCCCCOc1ccc(-c2ccc(OC(=O)C(Cl)C(C)C)cc2)cc1. The van der Waals surface area contributed by atoms with Crippen molar-refractivity contribution in [3.8, 4) is 22.6 Å². The third kappa shape index (κ3) is 10.0. The number of halogens is 1. The van der Waals surface area contributed by atoms with Crippen molar-refractivity contribution in [3.63, 3.8) is 0 Å². The summed E-state index contributed by atoms with van der Waals surface area (Å²) in [5.41, 5.74) is 2.08. The molecule has 0 aliphatic rings. The van der Waals surface area contributed by atoms with Crippen LogP contribution >= 0.6 is 11.6 Å². The van der Waals surface area contributed by atoms with Gasteiger partial charge in [-0.1, -0.05) is 70.4 Å². The van der Waals surface area contributed by atoms with E-state index in [9.17, 15) is 9.59 Å². The van der Waals surface area contributed by atoms with Crippen molar-refractivity contribution in [2.45, 2.75) is 57.7 Å². The van der Waals surface area contributed by atoms with Crippen LogP contribution in [0, 0.1) is 5.92 Å². The Morgan fingerprint density at radius 1 is 0.824 bits per heavy atom. The number of hydrogen-bond donors (Lipinski definition) is 0. The average molecular weight is 487 g/mol. The molecule has 0 aromatic heterocycles. The molecule has 2 rings (SSSR count). The third-order valence-electron chi connectivity index (χ3n) is 5.29. The first-order valence-electron chi connectivity index (χ1n) is 11.9. The van der Waals surface area contributed by atoms with Crippen molar-refractivity contribution in [1.82, 2.24) is 0 Å². The average Bonchev–Trinajstić information content (AvgIpc) is 2.85. The summed E-state index contributed by atoms with van der Waals surface area (Å²) in [6.45, 7) is 8.29.